The van der Waals surface area contributed by atoms with Crippen LogP contribution in [0.3, 0.4) is 0 Å². The molecule has 19 heavy (non-hydrogen) atoms. The van der Waals surface area contributed by atoms with Crippen LogP contribution in [0.2, 0.25) is 5.02 Å². The van der Waals surface area contributed by atoms with Crippen LogP contribution >= 0.6 is 11.6 Å². The van der Waals surface area contributed by atoms with Gasteiger partial charge in [0.25, 0.3) is 0 Å². The van der Waals surface area contributed by atoms with E-state index in [0.717, 1.165) is 6.07 Å². The maximum atomic E-state index is 13.1. The molecule has 0 aliphatic heterocycles. The van der Waals surface area contributed by atoms with E-state index in [1.54, 1.807) is 0 Å². The number of anilines is 1. The van der Waals surface area contributed by atoms with Crippen molar-refractivity contribution < 1.29 is 19.1 Å². The summed E-state index contributed by atoms with van der Waals surface area (Å²) in [6.07, 6.45) is 1.71. The first-order valence-electron chi connectivity index (χ1n) is 5.98. The van der Waals surface area contributed by atoms with Crippen molar-refractivity contribution in [1.29, 1.82) is 0 Å². The Hall–Kier alpha value is -1.62. The molecular formula is C13H13ClFNO3. The van der Waals surface area contributed by atoms with Crippen LogP contribution in [0.15, 0.2) is 18.2 Å². The molecule has 1 aromatic carbocycles. The van der Waals surface area contributed by atoms with Crippen molar-refractivity contribution in [2.45, 2.75) is 19.3 Å². The molecule has 0 heterocycles. The summed E-state index contributed by atoms with van der Waals surface area (Å²) in [5.74, 6) is -3.16. The summed E-state index contributed by atoms with van der Waals surface area (Å²) < 4.78 is 13.1. The molecule has 0 radical (unpaired) electrons. The molecule has 0 unspecified atom stereocenters. The summed E-state index contributed by atoms with van der Waals surface area (Å²) in [6, 6.07) is 3.65. The molecule has 6 heteroatoms. The van der Waals surface area contributed by atoms with Crippen molar-refractivity contribution in [3.05, 3.63) is 29.0 Å². The maximum Gasteiger partial charge on any atom is 0.307 e. The lowest BCUT2D eigenvalue weighted by molar-refractivity contribution is -0.145. The molecule has 0 saturated heterocycles. The van der Waals surface area contributed by atoms with Crippen LogP contribution < -0.4 is 5.32 Å². The second kappa shape index (κ2) is 5.57. The Kier molecular flexibility index (Phi) is 4.04. The number of hydrogen-bond acceptors (Lipinski definition) is 2. The predicted octanol–water partition coefficient (Wildman–Crippen LogP) is 2.92. The topological polar surface area (TPSA) is 66.4 Å². The van der Waals surface area contributed by atoms with Gasteiger partial charge in [0.15, 0.2) is 0 Å². The van der Waals surface area contributed by atoms with Crippen LogP contribution in [0.1, 0.15) is 19.3 Å². The average Bonchev–Trinajstić information content (AvgIpc) is 2.83. The minimum Gasteiger partial charge on any atom is -0.481 e. The van der Waals surface area contributed by atoms with E-state index in [-0.39, 0.29) is 10.7 Å². The standard InChI is InChI=1S/C13H13ClFNO3/c14-10-5-4-7(15)6-11(10)16-12(17)8-2-1-3-9(8)13(18)19/h4-6,8-9H,1-3H2,(H,16,17)(H,18,19)/t8-,9+/m1/s1. The number of nitrogens with one attached hydrogen (secondary N) is 1. The van der Waals surface area contributed by atoms with Crippen molar-refractivity contribution in [3.63, 3.8) is 0 Å². The first-order valence-corrected chi connectivity index (χ1v) is 6.35. The summed E-state index contributed by atoms with van der Waals surface area (Å²) in [6.45, 7) is 0. The number of halogens is 2. The zero-order valence-corrected chi connectivity index (χ0v) is 10.8. The number of carbonyl (C=O) groups excluding carboxylic acids is 1. The Bertz CT molecular complexity index is 521. The van der Waals surface area contributed by atoms with Gasteiger partial charge in [-0.25, -0.2) is 4.39 Å². The van der Waals surface area contributed by atoms with Crippen molar-refractivity contribution >= 4 is 29.2 Å². The Morgan fingerprint density at radius 3 is 2.68 bits per heavy atom. The van der Waals surface area contributed by atoms with Gasteiger partial charge >= 0.3 is 5.97 Å². The van der Waals surface area contributed by atoms with Crippen molar-refractivity contribution in [1.82, 2.24) is 0 Å². The van der Waals surface area contributed by atoms with Crippen molar-refractivity contribution in [2.75, 3.05) is 5.32 Å². The van der Waals surface area contributed by atoms with Gasteiger partial charge in [0.05, 0.1) is 22.5 Å². The van der Waals surface area contributed by atoms with Gasteiger partial charge in [-0.2, -0.15) is 0 Å². The van der Waals surface area contributed by atoms with Gasteiger partial charge < -0.3 is 10.4 Å². The van der Waals surface area contributed by atoms with E-state index < -0.39 is 29.5 Å². The molecule has 0 aromatic heterocycles. The fourth-order valence-corrected chi connectivity index (χ4v) is 2.55. The number of carboxylic acid groups (broad SMARTS) is 1. The van der Waals surface area contributed by atoms with Crippen LogP contribution in [0.25, 0.3) is 0 Å². The average molecular weight is 286 g/mol. The Morgan fingerprint density at radius 2 is 2.00 bits per heavy atom. The van der Waals surface area contributed by atoms with Gasteiger partial charge in [-0.1, -0.05) is 18.0 Å². The van der Waals surface area contributed by atoms with Gasteiger partial charge in [-0.3, -0.25) is 9.59 Å². The molecule has 1 aromatic rings. The minimum atomic E-state index is -0.969. The Balaban J connectivity index is 2.12. The minimum absolute atomic E-state index is 0.169. The highest BCUT2D eigenvalue weighted by Gasteiger charge is 2.37. The number of rotatable bonds is 3. The summed E-state index contributed by atoms with van der Waals surface area (Å²) in [4.78, 5) is 23.1. The first kappa shape index (κ1) is 13.8. The van der Waals surface area contributed by atoms with Gasteiger partial charge in [0, 0.05) is 0 Å². The van der Waals surface area contributed by atoms with E-state index >= 15 is 0 Å². The van der Waals surface area contributed by atoms with E-state index in [9.17, 15) is 14.0 Å². The zero-order valence-electron chi connectivity index (χ0n) is 10.0. The summed E-state index contributed by atoms with van der Waals surface area (Å²) in [7, 11) is 0. The van der Waals surface area contributed by atoms with Crippen LogP contribution in [0.4, 0.5) is 10.1 Å². The van der Waals surface area contributed by atoms with E-state index in [1.165, 1.54) is 12.1 Å². The molecule has 0 bridgehead atoms. The van der Waals surface area contributed by atoms with Crippen LogP contribution in [-0.2, 0) is 9.59 Å². The summed E-state index contributed by atoms with van der Waals surface area (Å²) in [5, 5.41) is 11.8. The number of carboxylic acids is 1. The van der Waals surface area contributed by atoms with E-state index in [2.05, 4.69) is 5.32 Å². The van der Waals surface area contributed by atoms with Gasteiger partial charge in [0.1, 0.15) is 5.82 Å². The molecule has 102 valence electrons. The van der Waals surface area contributed by atoms with Crippen molar-refractivity contribution in [2.24, 2.45) is 11.8 Å². The Labute approximate surface area is 114 Å². The van der Waals surface area contributed by atoms with E-state index in [0.29, 0.717) is 19.3 Å². The molecular weight excluding hydrogens is 273 g/mol. The molecule has 2 rings (SSSR count). The smallest absolute Gasteiger partial charge is 0.307 e. The third kappa shape index (κ3) is 3.04. The van der Waals surface area contributed by atoms with Crippen LogP contribution in [0, 0.1) is 17.7 Å². The van der Waals surface area contributed by atoms with Crippen LogP contribution in [0.5, 0.6) is 0 Å². The lowest BCUT2D eigenvalue weighted by Crippen LogP contribution is -2.30. The third-order valence-electron chi connectivity index (χ3n) is 3.36. The molecule has 1 aliphatic rings. The molecule has 4 nitrogen and oxygen atoms in total. The molecule has 1 aliphatic carbocycles. The molecule has 2 N–H and O–H groups in total. The normalized spacial score (nSPS) is 22.2. The van der Waals surface area contributed by atoms with E-state index in [4.69, 9.17) is 16.7 Å². The fourth-order valence-electron chi connectivity index (χ4n) is 2.39. The first-order chi connectivity index (χ1) is 8.99. The predicted molar refractivity (Wildman–Crippen MR) is 68.5 cm³/mol. The summed E-state index contributed by atoms with van der Waals surface area (Å²) in [5.41, 5.74) is 0.169. The van der Waals surface area contributed by atoms with Crippen LogP contribution in [-0.4, -0.2) is 17.0 Å². The number of benzene rings is 1. The second-order valence-electron chi connectivity index (χ2n) is 4.60. The fraction of sp³-hybridized carbons (Fsp3) is 0.385. The Morgan fingerprint density at radius 1 is 1.32 bits per heavy atom. The lowest BCUT2D eigenvalue weighted by atomic mass is 9.95. The lowest BCUT2D eigenvalue weighted by Gasteiger charge is -2.16. The highest BCUT2D eigenvalue weighted by molar-refractivity contribution is 6.33. The highest BCUT2D eigenvalue weighted by Crippen LogP contribution is 2.33. The molecule has 0 spiro atoms. The molecule has 1 saturated carbocycles. The number of carbonyl (C=O) groups is 2. The maximum absolute atomic E-state index is 13.1. The van der Waals surface area contributed by atoms with Crippen molar-refractivity contribution in [3.8, 4) is 0 Å². The second-order valence-corrected chi connectivity index (χ2v) is 5.00. The SMILES string of the molecule is O=C(O)[C@H]1CCC[C@H]1C(=O)Nc1cc(F)ccc1Cl. The van der Waals surface area contributed by atoms with Gasteiger partial charge in [0.2, 0.25) is 5.91 Å². The summed E-state index contributed by atoms with van der Waals surface area (Å²) >= 11 is 5.85. The monoisotopic (exact) mass is 285 g/mol. The van der Waals surface area contributed by atoms with Gasteiger partial charge in [-0.15, -0.1) is 0 Å². The number of hydrogen-bond donors (Lipinski definition) is 2. The number of amides is 1. The largest absolute Gasteiger partial charge is 0.481 e. The molecule has 1 amide bonds. The quantitative estimate of drug-likeness (QED) is 0.897. The third-order valence-corrected chi connectivity index (χ3v) is 3.69. The number of aliphatic carboxylic acids is 1. The van der Waals surface area contributed by atoms with E-state index in [1.807, 2.05) is 0 Å². The highest BCUT2D eigenvalue weighted by atomic mass is 35.5. The molecule has 2 atom stereocenters. The zero-order chi connectivity index (χ0) is 14.0. The molecule has 1 fully saturated rings. The van der Waals surface area contributed by atoms with Gasteiger partial charge in [-0.05, 0) is 31.0 Å².